The number of aromatic nitrogens is 10. The third-order valence-corrected chi connectivity index (χ3v) is 19.0. The molecule has 8 aromatic rings. The van der Waals surface area contributed by atoms with Crippen LogP contribution in [0.4, 0.5) is 9.59 Å². The van der Waals surface area contributed by atoms with Crippen LogP contribution < -0.4 is 0 Å². The molecule has 2 amide bonds. The summed E-state index contributed by atoms with van der Waals surface area (Å²) in [7, 11) is -2.43. The van der Waals surface area contributed by atoms with E-state index in [0.717, 1.165) is 92.8 Å². The molecule has 2 aliphatic heterocycles. The second kappa shape index (κ2) is 25.4. The Balaban J connectivity index is 0.000000205. The summed E-state index contributed by atoms with van der Waals surface area (Å²) in [5, 5.41) is 19.2. The lowest BCUT2D eigenvalue weighted by Gasteiger charge is -2.40. The van der Waals surface area contributed by atoms with Crippen LogP contribution in [0.15, 0.2) is 85.7 Å². The lowest BCUT2D eigenvalue weighted by molar-refractivity contribution is 0.00728. The third-order valence-electron chi connectivity index (χ3n) is 15.6. The first kappa shape index (κ1) is 63.5. The zero-order valence-electron chi connectivity index (χ0n) is 54.3. The van der Waals surface area contributed by atoms with Gasteiger partial charge in [-0.1, -0.05) is 116 Å². The molecule has 0 atom stereocenters. The van der Waals surface area contributed by atoms with Gasteiger partial charge in [0, 0.05) is 113 Å². The summed E-state index contributed by atoms with van der Waals surface area (Å²) < 4.78 is 31.2. The van der Waals surface area contributed by atoms with Crippen LogP contribution in [0.3, 0.4) is 0 Å². The molecule has 0 saturated carbocycles. The van der Waals surface area contributed by atoms with Crippen molar-refractivity contribution in [1.29, 1.82) is 0 Å². The Morgan fingerprint density at radius 2 is 0.895 bits per heavy atom. The summed E-state index contributed by atoms with van der Waals surface area (Å²) in [5.74, 6) is 1.05. The molecule has 8 heterocycles. The highest BCUT2D eigenvalue weighted by atomic mass is 28.3. The molecule has 2 aliphatic rings. The molecule has 0 spiro atoms. The van der Waals surface area contributed by atoms with Crippen molar-refractivity contribution < 1.29 is 28.5 Å². The number of rotatable bonds is 18. The molecule has 0 aliphatic carbocycles. The molecule has 86 heavy (non-hydrogen) atoms. The number of amides is 2. The predicted octanol–water partition coefficient (Wildman–Crippen LogP) is 14.7. The van der Waals surface area contributed by atoms with E-state index in [9.17, 15) is 9.59 Å². The second-order valence-electron chi connectivity index (χ2n) is 28.5. The number of carbonyl (C=O) groups is 2. The highest BCUT2D eigenvalue weighted by Gasteiger charge is 2.37. The smallest absolute Gasteiger partial charge is 0.410 e. The quantitative estimate of drug-likeness (QED) is 0.0588. The zero-order chi connectivity index (χ0) is 62.2. The van der Waals surface area contributed by atoms with E-state index < -0.39 is 27.3 Å². The van der Waals surface area contributed by atoms with Crippen LogP contribution in [0.2, 0.25) is 51.4 Å². The van der Waals surface area contributed by atoms with Crippen molar-refractivity contribution in [2.24, 2.45) is 0 Å². The monoisotopic (exact) mass is 1200 g/mol. The number of benzene rings is 2. The van der Waals surface area contributed by atoms with Gasteiger partial charge in [0.25, 0.3) is 0 Å². The topological polar surface area (TPSA) is 174 Å². The molecule has 20 heteroatoms. The van der Waals surface area contributed by atoms with Crippen LogP contribution in [0, 0.1) is 13.8 Å². The van der Waals surface area contributed by atoms with Gasteiger partial charge < -0.3 is 28.7 Å². The normalized spacial score (nSPS) is 14.5. The van der Waals surface area contributed by atoms with Gasteiger partial charge in [-0.25, -0.2) is 38.0 Å². The van der Waals surface area contributed by atoms with Crippen LogP contribution in [0.1, 0.15) is 126 Å². The molecular formula is C66H92N12O6Si2. The van der Waals surface area contributed by atoms with Crippen molar-refractivity contribution in [3.8, 4) is 45.0 Å². The lowest BCUT2D eigenvalue weighted by atomic mass is 9.89. The highest BCUT2D eigenvalue weighted by molar-refractivity contribution is 6.76. The van der Waals surface area contributed by atoms with Crippen molar-refractivity contribution in [2.75, 3.05) is 39.4 Å². The molecule has 2 saturated heterocycles. The van der Waals surface area contributed by atoms with Gasteiger partial charge in [-0.15, -0.1) is 0 Å². The summed E-state index contributed by atoms with van der Waals surface area (Å²) in [4.78, 5) is 37.2. The molecule has 10 rings (SSSR count). The Hall–Kier alpha value is -7.01. The average molecular weight is 1210 g/mol. The van der Waals surface area contributed by atoms with Crippen molar-refractivity contribution in [2.45, 2.75) is 183 Å². The van der Waals surface area contributed by atoms with Crippen LogP contribution in [-0.2, 0) is 32.4 Å². The van der Waals surface area contributed by atoms with E-state index in [1.165, 1.54) is 22.3 Å². The van der Waals surface area contributed by atoms with Gasteiger partial charge in [0.1, 0.15) is 37.3 Å². The molecule has 18 nitrogen and oxygen atoms in total. The molecule has 6 aromatic heterocycles. The number of nitrogens with zero attached hydrogens (tertiary/aromatic N) is 12. The Bertz CT molecular complexity index is 3420. The molecule has 460 valence electrons. The fourth-order valence-corrected chi connectivity index (χ4v) is 12.4. The average Bonchev–Trinajstić information content (AvgIpc) is 1.85. The van der Waals surface area contributed by atoms with E-state index in [2.05, 4.69) is 162 Å². The SMILES string of the molecule is Cc1cc(-c2c(C(C)C)c(-c3ccc(C4CN(C(=O)OC(C)(C)C)C4)cc3)nn2COCC[Si](C)(C)C)cn2ncnc12.Cc1cc(-c2c(C(C)C)c(-c3ccc(C4CN(C(=O)OC(C)(C)C)C4)cc3)nn2COCC[Si](C)(C)C)cn2ncnc12. The van der Waals surface area contributed by atoms with Gasteiger partial charge in [-0.05, 0) is 114 Å². The van der Waals surface area contributed by atoms with Crippen molar-refractivity contribution in [3.63, 3.8) is 0 Å². The number of hydrogen-bond donors (Lipinski definition) is 0. The summed E-state index contributed by atoms with van der Waals surface area (Å²) >= 11 is 0. The summed E-state index contributed by atoms with van der Waals surface area (Å²) in [5.41, 5.74) is 15.9. The van der Waals surface area contributed by atoms with E-state index in [0.29, 0.717) is 51.5 Å². The molecule has 0 radical (unpaired) electrons. The first-order valence-electron chi connectivity index (χ1n) is 30.5. The second-order valence-corrected chi connectivity index (χ2v) is 39.8. The van der Waals surface area contributed by atoms with E-state index in [1.807, 2.05) is 72.3 Å². The fraction of sp³-hybridized carbons (Fsp3) is 0.515. The summed E-state index contributed by atoms with van der Waals surface area (Å²) in [6.45, 7) is 43.5. The molecule has 2 aromatic carbocycles. The maximum absolute atomic E-state index is 12.4. The van der Waals surface area contributed by atoms with E-state index in [-0.39, 0.29) is 24.0 Å². The van der Waals surface area contributed by atoms with Crippen LogP contribution in [0.25, 0.3) is 56.3 Å². The number of likely N-dealkylation sites (tertiary alicyclic amines) is 2. The predicted molar refractivity (Wildman–Crippen MR) is 346 cm³/mol. The highest BCUT2D eigenvalue weighted by Crippen LogP contribution is 2.41. The number of carbonyl (C=O) groups excluding carboxylic acids is 2. The first-order valence-corrected chi connectivity index (χ1v) is 38.0. The van der Waals surface area contributed by atoms with Crippen molar-refractivity contribution in [3.05, 3.63) is 119 Å². The van der Waals surface area contributed by atoms with Gasteiger partial charge in [0.2, 0.25) is 0 Å². The minimum absolute atomic E-state index is 0.223. The van der Waals surface area contributed by atoms with E-state index in [4.69, 9.17) is 29.1 Å². The summed E-state index contributed by atoms with van der Waals surface area (Å²) in [6.07, 6.45) is 6.77. The maximum atomic E-state index is 12.4. The van der Waals surface area contributed by atoms with Crippen LogP contribution >= 0.6 is 0 Å². The third kappa shape index (κ3) is 15.2. The Labute approximate surface area is 510 Å². The minimum Gasteiger partial charge on any atom is -0.444 e. The summed E-state index contributed by atoms with van der Waals surface area (Å²) in [6, 6.07) is 23.9. The van der Waals surface area contributed by atoms with Crippen LogP contribution in [0.5, 0.6) is 0 Å². The van der Waals surface area contributed by atoms with Crippen molar-refractivity contribution >= 4 is 39.6 Å². The Kier molecular flexibility index (Phi) is 18.7. The Morgan fingerprint density at radius 3 is 1.21 bits per heavy atom. The lowest BCUT2D eigenvalue weighted by Crippen LogP contribution is -2.50. The Morgan fingerprint density at radius 1 is 0.547 bits per heavy atom. The van der Waals surface area contributed by atoms with E-state index >= 15 is 0 Å². The van der Waals surface area contributed by atoms with Gasteiger partial charge in [-0.2, -0.15) is 20.4 Å². The van der Waals surface area contributed by atoms with Gasteiger partial charge in [0.15, 0.2) is 11.3 Å². The standard InChI is InChI=1S/2C33H46N6O3Si/c2*1-22(2)28-29(25-12-10-24(11-13-25)27-17-37(18-27)32(40)42-33(4,5)6)36-39(21-41-14-15-43(7,8)9)30(28)26-16-23(3)31-34-20-35-38(31)19-26/h2*10-13,16,19-20,22,27H,14-15,17-18,21H2,1-9H3. The van der Waals surface area contributed by atoms with Gasteiger partial charge >= 0.3 is 12.2 Å². The number of pyridine rings is 2. The molecular weight excluding hydrogens is 1110 g/mol. The molecule has 0 bridgehead atoms. The molecule has 0 unspecified atom stereocenters. The van der Waals surface area contributed by atoms with Gasteiger partial charge in [0.05, 0.1) is 22.8 Å². The number of hydrogen-bond acceptors (Lipinski definition) is 12. The number of ether oxygens (including phenoxy) is 4. The molecule has 0 N–H and O–H groups in total. The maximum Gasteiger partial charge on any atom is 0.410 e. The largest absolute Gasteiger partial charge is 0.444 e. The number of fused-ring (bicyclic) bond motifs is 2. The minimum atomic E-state index is -1.22. The van der Waals surface area contributed by atoms with Crippen LogP contribution in [-0.4, -0.2) is 137 Å². The van der Waals surface area contributed by atoms with Crippen molar-refractivity contribution in [1.82, 2.24) is 58.6 Å². The van der Waals surface area contributed by atoms with E-state index in [1.54, 1.807) is 22.5 Å². The van der Waals surface area contributed by atoms with Gasteiger partial charge in [-0.3, -0.25) is 0 Å². The zero-order valence-corrected chi connectivity index (χ0v) is 56.3. The fourth-order valence-electron chi connectivity index (χ4n) is 10.9. The molecule has 2 fully saturated rings. The number of aryl methyl sites for hydroxylation is 2. The first-order chi connectivity index (χ1) is 40.4.